The molecule has 6 nitrogen and oxygen atoms in total. The van der Waals surface area contributed by atoms with E-state index in [9.17, 15) is 4.79 Å². The number of carboxylic acid groups (broad SMARTS) is 1. The van der Waals surface area contributed by atoms with Gasteiger partial charge in [-0.25, -0.2) is 9.97 Å². The predicted molar refractivity (Wildman–Crippen MR) is 74.8 cm³/mol. The highest BCUT2D eigenvalue weighted by molar-refractivity contribution is 5.70. The van der Waals surface area contributed by atoms with E-state index >= 15 is 0 Å². The molecule has 0 unspecified atom stereocenters. The van der Waals surface area contributed by atoms with Gasteiger partial charge in [0.1, 0.15) is 12.2 Å². The Morgan fingerprint density at radius 3 is 2.90 bits per heavy atom. The minimum atomic E-state index is -0.787. The Balaban J connectivity index is 2.12. The molecule has 21 heavy (non-hydrogen) atoms. The molecule has 1 heterocycles. The van der Waals surface area contributed by atoms with Gasteiger partial charge in [0.2, 0.25) is 5.69 Å². The Labute approximate surface area is 123 Å². The summed E-state index contributed by atoms with van der Waals surface area (Å²) in [5.41, 5.74) is 0.907. The molecule has 1 saturated carbocycles. The number of rotatable bonds is 4. The predicted octanol–water partition coefficient (Wildman–Crippen LogP) is 2.49. The fraction of sp³-hybridized carbons (Fsp3) is 0.600. The van der Waals surface area contributed by atoms with Crippen molar-refractivity contribution in [3.63, 3.8) is 0 Å². The second kappa shape index (κ2) is 6.53. The highest BCUT2D eigenvalue weighted by Crippen LogP contribution is 2.28. The molecule has 1 aliphatic rings. The molecule has 2 rings (SSSR count). The quantitative estimate of drug-likeness (QED) is 0.914. The van der Waals surface area contributed by atoms with E-state index in [1.807, 2.05) is 19.9 Å². The fourth-order valence-electron chi connectivity index (χ4n) is 2.46. The minimum absolute atomic E-state index is 0.165. The first kappa shape index (κ1) is 15.2. The van der Waals surface area contributed by atoms with Crippen molar-refractivity contribution >= 4 is 5.97 Å². The normalized spacial score (nSPS) is 21.8. The summed E-state index contributed by atoms with van der Waals surface area (Å²) < 4.78 is 5.73. The Hall–Kier alpha value is -2.16. The van der Waals surface area contributed by atoms with Crippen molar-refractivity contribution in [2.75, 3.05) is 0 Å². The van der Waals surface area contributed by atoms with Crippen LogP contribution in [-0.4, -0.2) is 27.1 Å². The molecule has 1 aromatic heterocycles. The van der Waals surface area contributed by atoms with E-state index in [-0.39, 0.29) is 29.5 Å². The maximum atomic E-state index is 11.1. The molecule has 0 bridgehead atoms. The number of aromatic nitrogens is 2. The monoisotopic (exact) mass is 289 g/mol. The third-order valence-corrected chi connectivity index (χ3v) is 3.71. The topological polar surface area (TPSA) is 96.1 Å². The molecular formula is C15H19N3O3. The van der Waals surface area contributed by atoms with Gasteiger partial charge in [0.15, 0.2) is 0 Å². The van der Waals surface area contributed by atoms with E-state index in [2.05, 4.69) is 9.97 Å². The number of carbonyl (C=O) groups is 1. The smallest absolute Gasteiger partial charge is 0.306 e. The van der Waals surface area contributed by atoms with Crippen LogP contribution in [-0.2, 0) is 4.79 Å². The van der Waals surface area contributed by atoms with Crippen LogP contribution in [0.4, 0.5) is 0 Å². The number of aliphatic carboxylic acids is 1. The molecule has 6 heteroatoms. The lowest BCUT2D eigenvalue weighted by Gasteiger charge is -2.27. The van der Waals surface area contributed by atoms with Crippen molar-refractivity contribution < 1.29 is 14.6 Å². The Morgan fingerprint density at radius 1 is 1.52 bits per heavy atom. The molecule has 0 aliphatic heterocycles. The summed E-state index contributed by atoms with van der Waals surface area (Å²) in [7, 11) is 0. The van der Waals surface area contributed by atoms with E-state index in [0.717, 1.165) is 18.5 Å². The van der Waals surface area contributed by atoms with E-state index in [1.165, 1.54) is 0 Å². The zero-order chi connectivity index (χ0) is 15.4. The largest absolute Gasteiger partial charge is 0.481 e. The Morgan fingerprint density at radius 2 is 2.29 bits per heavy atom. The SMILES string of the molecule is CC(C)c1cnc(O[C@H]2CCC[C@H](C(=O)O)C2)c(C#N)n1. The van der Waals surface area contributed by atoms with Crippen LogP contribution in [0.1, 0.15) is 56.8 Å². The maximum absolute atomic E-state index is 11.1. The first-order valence-electron chi connectivity index (χ1n) is 7.17. The van der Waals surface area contributed by atoms with Gasteiger partial charge in [-0.05, 0) is 31.6 Å². The van der Waals surface area contributed by atoms with Crippen molar-refractivity contribution in [1.29, 1.82) is 5.26 Å². The summed E-state index contributed by atoms with van der Waals surface area (Å²) in [5.74, 6) is -0.773. The lowest BCUT2D eigenvalue weighted by atomic mass is 9.87. The van der Waals surface area contributed by atoms with Crippen LogP contribution in [0, 0.1) is 17.2 Å². The van der Waals surface area contributed by atoms with E-state index in [0.29, 0.717) is 12.8 Å². The Kier molecular flexibility index (Phi) is 4.73. The van der Waals surface area contributed by atoms with Gasteiger partial charge in [-0.1, -0.05) is 13.8 Å². The highest BCUT2D eigenvalue weighted by Gasteiger charge is 2.29. The minimum Gasteiger partial charge on any atom is -0.481 e. The Bertz CT molecular complexity index is 566. The molecule has 0 saturated heterocycles. The number of hydrogen-bond acceptors (Lipinski definition) is 5. The number of nitriles is 1. The van der Waals surface area contributed by atoms with Gasteiger partial charge in [-0.3, -0.25) is 4.79 Å². The molecule has 1 aliphatic carbocycles. The van der Waals surface area contributed by atoms with E-state index in [4.69, 9.17) is 15.1 Å². The summed E-state index contributed by atoms with van der Waals surface area (Å²) >= 11 is 0. The van der Waals surface area contributed by atoms with Crippen LogP contribution in [0.25, 0.3) is 0 Å². The van der Waals surface area contributed by atoms with Crippen LogP contribution in [0.5, 0.6) is 5.88 Å². The summed E-state index contributed by atoms with van der Waals surface area (Å²) in [6, 6.07) is 2.00. The molecule has 112 valence electrons. The molecule has 2 atom stereocenters. The van der Waals surface area contributed by atoms with Crippen molar-refractivity contribution in [2.45, 2.75) is 51.6 Å². The van der Waals surface area contributed by atoms with Crippen LogP contribution >= 0.6 is 0 Å². The molecular weight excluding hydrogens is 270 g/mol. The molecule has 0 spiro atoms. The molecule has 1 N–H and O–H groups in total. The summed E-state index contributed by atoms with van der Waals surface area (Å²) in [6.45, 7) is 3.95. The molecule has 0 aromatic carbocycles. The number of carboxylic acids is 1. The average molecular weight is 289 g/mol. The van der Waals surface area contributed by atoms with Crippen molar-refractivity contribution in [3.8, 4) is 11.9 Å². The van der Waals surface area contributed by atoms with Crippen molar-refractivity contribution in [2.24, 2.45) is 5.92 Å². The molecule has 1 fully saturated rings. The number of nitrogens with zero attached hydrogens (tertiary/aromatic N) is 3. The first-order chi connectivity index (χ1) is 10.0. The fourth-order valence-corrected chi connectivity index (χ4v) is 2.46. The van der Waals surface area contributed by atoms with E-state index in [1.54, 1.807) is 6.20 Å². The first-order valence-corrected chi connectivity index (χ1v) is 7.17. The van der Waals surface area contributed by atoms with Gasteiger partial charge in [0, 0.05) is 0 Å². The second-order valence-electron chi connectivity index (χ2n) is 5.66. The number of ether oxygens (including phenoxy) is 1. The number of hydrogen-bond donors (Lipinski definition) is 1. The average Bonchev–Trinajstić information content (AvgIpc) is 2.47. The summed E-state index contributed by atoms with van der Waals surface area (Å²) in [4.78, 5) is 19.5. The molecule has 0 radical (unpaired) electrons. The second-order valence-corrected chi connectivity index (χ2v) is 5.66. The third kappa shape index (κ3) is 3.69. The van der Waals surface area contributed by atoms with Gasteiger partial charge in [-0.15, -0.1) is 0 Å². The van der Waals surface area contributed by atoms with E-state index < -0.39 is 5.97 Å². The summed E-state index contributed by atoms with van der Waals surface area (Å²) in [6.07, 6.45) is 4.11. The maximum Gasteiger partial charge on any atom is 0.306 e. The molecule has 0 amide bonds. The standard InChI is InChI=1S/C15H19N3O3/c1-9(2)13-8-17-14(12(7-16)18-13)21-11-5-3-4-10(6-11)15(19)20/h8-11H,3-6H2,1-2H3,(H,19,20)/t10-,11-/m0/s1. The van der Waals surface area contributed by atoms with Crippen LogP contribution in [0.15, 0.2) is 6.20 Å². The lowest BCUT2D eigenvalue weighted by Crippen LogP contribution is -2.30. The highest BCUT2D eigenvalue weighted by atomic mass is 16.5. The van der Waals surface area contributed by atoms with Crippen LogP contribution in [0.3, 0.4) is 0 Å². The van der Waals surface area contributed by atoms with Crippen LogP contribution in [0.2, 0.25) is 0 Å². The van der Waals surface area contributed by atoms with Gasteiger partial charge < -0.3 is 9.84 Å². The van der Waals surface area contributed by atoms with Crippen molar-refractivity contribution in [3.05, 3.63) is 17.6 Å². The van der Waals surface area contributed by atoms with Crippen LogP contribution < -0.4 is 4.74 Å². The van der Waals surface area contributed by atoms with Gasteiger partial charge >= 0.3 is 5.97 Å². The zero-order valence-corrected chi connectivity index (χ0v) is 12.2. The van der Waals surface area contributed by atoms with Gasteiger partial charge in [0.05, 0.1) is 17.8 Å². The van der Waals surface area contributed by atoms with Gasteiger partial charge in [-0.2, -0.15) is 5.26 Å². The lowest BCUT2D eigenvalue weighted by molar-refractivity contribution is -0.143. The van der Waals surface area contributed by atoms with Crippen molar-refractivity contribution in [1.82, 2.24) is 9.97 Å². The third-order valence-electron chi connectivity index (χ3n) is 3.71. The summed E-state index contributed by atoms with van der Waals surface area (Å²) in [5, 5.41) is 18.3. The zero-order valence-electron chi connectivity index (χ0n) is 12.2. The molecule has 1 aromatic rings. The van der Waals surface area contributed by atoms with Gasteiger partial charge in [0.25, 0.3) is 5.88 Å².